The number of carbonyl (C=O) groups excluding carboxylic acids is 1. The van der Waals surface area contributed by atoms with Crippen molar-refractivity contribution in [3.63, 3.8) is 0 Å². The largest absolute Gasteiger partial charge is 0.343 e. The van der Waals surface area contributed by atoms with Crippen molar-refractivity contribution in [3.8, 4) is 5.69 Å². The topological polar surface area (TPSA) is 79.2 Å². The number of hydrogen-bond acceptors (Lipinski definition) is 5. The zero-order chi connectivity index (χ0) is 23.4. The molecular formula is C26H31N7O. The maximum Gasteiger partial charge on any atom is 0.325 e. The summed E-state index contributed by atoms with van der Waals surface area (Å²) >= 11 is 0. The van der Waals surface area contributed by atoms with Crippen LogP contribution in [-0.2, 0) is 5.54 Å². The lowest BCUT2D eigenvalue weighted by atomic mass is 10.0. The van der Waals surface area contributed by atoms with Crippen molar-refractivity contribution in [3.05, 3.63) is 60.3 Å². The average molecular weight is 458 g/mol. The zero-order valence-electron chi connectivity index (χ0n) is 20.0. The molecule has 34 heavy (non-hydrogen) atoms. The Morgan fingerprint density at radius 3 is 2.53 bits per heavy atom. The van der Waals surface area contributed by atoms with Crippen molar-refractivity contribution < 1.29 is 4.79 Å². The van der Waals surface area contributed by atoms with Crippen molar-refractivity contribution in [2.24, 2.45) is 5.92 Å². The molecule has 0 bridgehead atoms. The lowest BCUT2D eigenvalue weighted by molar-refractivity contribution is 0.229. The first-order chi connectivity index (χ1) is 16.4. The predicted octanol–water partition coefficient (Wildman–Crippen LogP) is 4.54. The minimum atomic E-state index is -0.263. The highest BCUT2D eigenvalue weighted by molar-refractivity contribution is 5.94. The summed E-state index contributed by atoms with van der Waals surface area (Å²) in [5, 5.41) is 3.53. The van der Waals surface area contributed by atoms with Crippen LogP contribution in [0, 0.1) is 5.92 Å². The summed E-state index contributed by atoms with van der Waals surface area (Å²) < 4.78 is 2.08. The first-order valence-electron chi connectivity index (χ1n) is 12.2. The van der Waals surface area contributed by atoms with Gasteiger partial charge in [-0.25, -0.2) is 14.8 Å². The molecule has 1 saturated heterocycles. The third kappa shape index (κ3) is 3.71. The number of imidazole rings is 1. The molecule has 0 radical (unpaired) electrons. The number of aromatic nitrogens is 4. The van der Waals surface area contributed by atoms with Gasteiger partial charge in [0.05, 0.1) is 23.6 Å². The molecule has 8 nitrogen and oxygen atoms in total. The number of benzene rings is 1. The van der Waals surface area contributed by atoms with Crippen LogP contribution in [-0.4, -0.2) is 50.1 Å². The zero-order valence-corrected chi connectivity index (χ0v) is 20.0. The van der Waals surface area contributed by atoms with Crippen LogP contribution in [0.15, 0.2) is 49.1 Å². The van der Waals surface area contributed by atoms with Crippen LogP contribution in [0.4, 0.5) is 16.6 Å². The number of hydrogen-bond donors (Lipinski definition) is 1. The third-order valence-electron chi connectivity index (χ3n) is 7.40. The monoisotopic (exact) mass is 457 g/mol. The Hall–Kier alpha value is -3.42. The first-order valence-corrected chi connectivity index (χ1v) is 12.2. The van der Waals surface area contributed by atoms with Gasteiger partial charge in [0.25, 0.3) is 0 Å². The number of nitrogens with one attached hydrogen (secondary N) is 1. The second-order valence-electron chi connectivity index (χ2n) is 10.3. The normalized spacial score (nSPS) is 21.4. The molecule has 1 aromatic carbocycles. The molecule has 1 aliphatic heterocycles. The van der Waals surface area contributed by atoms with Gasteiger partial charge in [0.15, 0.2) is 0 Å². The van der Waals surface area contributed by atoms with Crippen LogP contribution >= 0.6 is 0 Å². The van der Waals surface area contributed by atoms with Gasteiger partial charge in [-0.15, -0.1) is 0 Å². The third-order valence-corrected chi connectivity index (χ3v) is 7.40. The van der Waals surface area contributed by atoms with E-state index >= 15 is 0 Å². The number of urea groups is 1. The summed E-state index contributed by atoms with van der Waals surface area (Å²) in [6, 6.07) is 10.7. The van der Waals surface area contributed by atoms with Crippen molar-refractivity contribution in [2.75, 3.05) is 23.8 Å². The van der Waals surface area contributed by atoms with Crippen molar-refractivity contribution >= 4 is 17.8 Å². The van der Waals surface area contributed by atoms with E-state index in [9.17, 15) is 4.79 Å². The Morgan fingerprint density at radius 2 is 1.85 bits per heavy atom. The summed E-state index contributed by atoms with van der Waals surface area (Å²) in [5.41, 5.74) is 3.28. The van der Waals surface area contributed by atoms with Gasteiger partial charge in [-0.3, -0.25) is 4.90 Å². The molecule has 3 fully saturated rings. The fourth-order valence-corrected chi connectivity index (χ4v) is 4.92. The summed E-state index contributed by atoms with van der Waals surface area (Å²) in [7, 11) is 1.84. The number of nitrogens with zero attached hydrogens (tertiary/aromatic N) is 6. The molecule has 1 unspecified atom stereocenters. The summed E-state index contributed by atoms with van der Waals surface area (Å²) in [4.78, 5) is 30.3. The standard InChI is InChI=1S/C26H31N7O/c1-17(2)21-14-31(3)25(34)33(21)23-10-13-27-24(29-23)30-26(11-12-26)22-15-32(16-28-22)20-8-6-19(7-9-20)18-4-5-18/h6-10,13,15-18,21H,4-5,11-12,14H2,1-3H3,(H,27,29,30). The van der Waals surface area contributed by atoms with E-state index in [1.807, 2.05) is 19.4 Å². The highest BCUT2D eigenvalue weighted by atomic mass is 16.2. The summed E-state index contributed by atoms with van der Waals surface area (Å²) in [6.07, 6.45) is 10.3. The highest BCUT2D eigenvalue weighted by Crippen LogP contribution is 2.47. The van der Waals surface area contributed by atoms with Gasteiger partial charge in [-0.1, -0.05) is 26.0 Å². The quantitative estimate of drug-likeness (QED) is 0.564. The molecule has 8 heteroatoms. The van der Waals surface area contributed by atoms with Gasteiger partial charge in [-0.2, -0.15) is 4.98 Å². The van der Waals surface area contributed by atoms with E-state index in [2.05, 4.69) is 59.2 Å². The Bertz CT molecular complexity index is 1210. The van der Waals surface area contributed by atoms with Crippen LogP contribution in [0.25, 0.3) is 5.69 Å². The van der Waals surface area contributed by atoms with Crippen LogP contribution in [0.2, 0.25) is 0 Å². The second-order valence-corrected chi connectivity index (χ2v) is 10.3. The number of rotatable bonds is 7. The molecule has 2 aliphatic carbocycles. The van der Waals surface area contributed by atoms with E-state index in [-0.39, 0.29) is 17.6 Å². The number of carbonyl (C=O) groups is 1. The van der Waals surface area contributed by atoms with Crippen molar-refractivity contribution in [1.29, 1.82) is 0 Å². The van der Waals surface area contributed by atoms with Gasteiger partial charge in [0.2, 0.25) is 5.95 Å². The molecule has 1 atom stereocenters. The molecule has 1 N–H and O–H groups in total. The Kier molecular flexibility index (Phi) is 4.86. The van der Waals surface area contributed by atoms with E-state index in [4.69, 9.17) is 9.97 Å². The SMILES string of the molecule is CC(C)C1CN(C)C(=O)N1c1ccnc(NC2(c3cn(-c4ccc(C5CC5)cc4)cn3)CC2)n1. The van der Waals surface area contributed by atoms with Gasteiger partial charge in [-0.05, 0) is 61.3 Å². The van der Waals surface area contributed by atoms with Crippen LogP contribution < -0.4 is 10.2 Å². The summed E-state index contributed by atoms with van der Waals surface area (Å²) in [5.74, 6) is 2.26. The van der Waals surface area contributed by atoms with Crippen molar-refractivity contribution in [1.82, 2.24) is 24.4 Å². The minimum absolute atomic E-state index is 0.0177. The van der Waals surface area contributed by atoms with E-state index < -0.39 is 0 Å². The molecule has 0 spiro atoms. The first kappa shape index (κ1) is 21.1. The fraction of sp³-hybridized carbons (Fsp3) is 0.462. The van der Waals surface area contributed by atoms with Crippen LogP contribution in [0.1, 0.15) is 56.7 Å². The van der Waals surface area contributed by atoms with Crippen molar-refractivity contribution in [2.45, 2.75) is 57.0 Å². The molecule has 3 aliphatic rings. The molecule has 6 rings (SSSR count). The lowest BCUT2D eigenvalue weighted by Gasteiger charge is -2.25. The van der Waals surface area contributed by atoms with Gasteiger partial charge in [0.1, 0.15) is 5.82 Å². The Labute approximate surface area is 200 Å². The van der Waals surface area contributed by atoms with Crippen LogP contribution in [0.3, 0.4) is 0 Å². The molecule has 3 heterocycles. The fourth-order valence-electron chi connectivity index (χ4n) is 4.92. The molecule has 2 saturated carbocycles. The maximum atomic E-state index is 12.8. The van der Waals surface area contributed by atoms with E-state index in [1.165, 1.54) is 18.4 Å². The maximum absolute atomic E-state index is 12.8. The molecule has 2 amide bonds. The number of likely N-dealkylation sites (N-methyl/N-ethyl adjacent to an activating group) is 1. The smallest absolute Gasteiger partial charge is 0.325 e. The molecular weight excluding hydrogens is 426 g/mol. The second kappa shape index (κ2) is 7.82. The van der Waals surface area contributed by atoms with Gasteiger partial charge >= 0.3 is 6.03 Å². The highest BCUT2D eigenvalue weighted by Gasteiger charge is 2.47. The molecule has 3 aromatic rings. The average Bonchev–Trinajstić information content (AvgIpc) is 3.75. The predicted molar refractivity (Wildman–Crippen MR) is 131 cm³/mol. The van der Waals surface area contributed by atoms with E-state index in [0.29, 0.717) is 24.2 Å². The van der Waals surface area contributed by atoms with Gasteiger partial charge in [0, 0.05) is 31.7 Å². The van der Waals surface area contributed by atoms with Gasteiger partial charge < -0.3 is 14.8 Å². The van der Waals surface area contributed by atoms with Crippen LogP contribution in [0.5, 0.6) is 0 Å². The Balaban J connectivity index is 1.22. The Morgan fingerprint density at radius 1 is 1.09 bits per heavy atom. The minimum Gasteiger partial charge on any atom is -0.343 e. The molecule has 2 aromatic heterocycles. The summed E-state index contributed by atoms with van der Waals surface area (Å²) in [6.45, 7) is 4.98. The number of amides is 2. The van der Waals surface area contributed by atoms with E-state index in [1.54, 1.807) is 16.0 Å². The molecule has 176 valence electrons. The number of anilines is 2. The van der Waals surface area contributed by atoms with E-state index in [0.717, 1.165) is 30.1 Å². The lowest BCUT2D eigenvalue weighted by Crippen LogP contribution is -2.38.